The van der Waals surface area contributed by atoms with Crippen molar-refractivity contribution in [2.75, 3.05) is 13.7 Å². The molecule has 4 unspecified atom stereocenters. The minimum atomic E-state index is 0.351. The number of benzene rings is 1. The van der Waals surface area contributed by atoms with Gasteiger partial charge < -0.3 is 10.1 Å². The first kappa shape index (κ1) is 14.5. The molecule has 2 heteroatoms. The molecule has 1 aromatic rings. The Morgan fingerprint density at radius 1 is 1.26 bits per heavy atom. The van der Waals surface area contributed by atoms with E-state index in [1.165, 1.54) is 18.4 Å². The SMILES string of the molecule is CCCC(OC)C(NCC)C1CC1c1ccccc1. The van der Waals surface area contributed by atoms with E-state index in [2.05, 4.69) is 49.5 Å². The molecule has 0 aliphatic heterocycles. The van der Waals surface area contributed by atoms with Crippen molar-refractivity contribution in [1.29, 1.82) is 0 Å². The summed E-state index contributed by atoms with van der Waals surface area (Å²) in [6.07, 6.45) is 3.98. The molecule has 1 N–H and O–H groups in total. The van der Waals surface area contributed by atoms with Crippen molar-refractivity contribution in [3.8, 4) is 0 Å². The second-order valence-corrected chi connectivity index (χ2v) is 5.56. The molecule has 2 nitrogen and oxygen atoms in total. The Morgan fingerprint density at radius 3 is 2.58 bits per heavy atom. The molecule has 106 valence electrons. The van der Waals surface area contributed by atoms with E-state index in [0.29, 0.717) is 12.1 Å². The van der Waals surface area contributed by atoms with Crippen LogP contribution in [0.3, 0.4) is 0 Å². The number of nitrogens with one attached hydrogen (secondary N) is 1. The molecule has 0 aromatic heterocycles. The highest BCUT2D eigenvalue weighted by molar-refractivity contribution is 5.27. The molecular formula is C17H27NO. The van der Waals surface area contributed by atoms with Crippen LogP contribution in [0.25, 0.3) is 0 Å². The second kappa shape index (κ2) is 7.06. The third-order valence-electron chi connectivity index (χ3n) is 4.25. The van der Waals surface area contributed by atoms with E-state index in [0.717, 1.165) is 24.8 Å². The summed E-state index contributed by atoms with van der Waals surface area (Å²) in [5, 5.41) is 3.66. The Morgan fingerprint density at radius 2 is 2.00 bits per heavy atom. The molecular weight excluding hydrogens is 234 g/mol. The number of hydrogen-bond acceptors (Lipinski definition) is 2. The van der Waals surface area contributed by atoms with Gasteiger partial charge in [0.2, 0.25) is 0 Å². The Hall–Kier alpha value is -0.860. The highest BCUT2D eigenvalue weighted by Crippen LogP contribution is 2.50. The smallest absolute Gasteiger partial charge is 0.0727 e. The lowest BCUT2D eigenvalue weighted by Gasteiger charge is -2.27. The van der Waals surface area contributed by atoms with Crippen LogP contribution in [0.4, 0.5) is 0 Å². The van der Waals surface area contributed by atoms with Gasteiger partial charge in [-0.25, -0.2) is 0 Å². The summed E-state index contributed by atoms with van der Waals surface area (Å²) in [7, 11) is 1.85. The summed E-state index contributed by atoms with van der Waals surface area (Å²) >= 11 is 0. The molecule has 0 amide bonds. The average molecular weight is 261 g/mol. The number of methoxy groups -OCH3 is 1. The highest BCUT2D eigenvalue weighted by Gasteiger charge is 2.46. The van der Waals surface area contributed by atoms with Crippen molar-refractivity contribution in [2.24, 2.45) is 5.92 Å². The van der Waals surface area contributed by atoms with Gasteiger partial charge in [0.1, 0.15) is 0 Å². The quantitative estimate of drug-likeness (QED) is 0.772. The maximum atomic E-state index is 5.73. The standard InChI is InChI=1S/C17H27NO/c1-4-9-16(19-3)17(18-5-2)15-12-14(15)13-10-7-6-8-11-13/h6-8,10-11,14-18H,4-5,9,12H2,1-3H3. The van der Waals surface area contributed by atoms with Gasteiger partial charge >= 0.3 is 0 Å². The van der Waals surface area contributed by atoms with Crippen LogP contribution >= 0.6 is 0 Å². The lowest BCUT2D eigenvalue weighted by Crippen LogP contribution is -2.43. The van der Waals surface area contributed by atoms with Gasteiger partial charge in [0.05, 0.1) is 6.10 Å². The molecule has 0 spiro atoms. The number of rotatable bonds is 8. The van der Waals surface area contributed by atoms with E-state index in [4.69, 9.17) is 4.74 Å². The first-order valence-corrected chi connectivity index (χ1v) is 7.62. The van der Waals surface area contributed by atoms with E-state index in [-0.39, 0.29) is 0 Å². The van der Waals surface area contributed by atoms with Crippen molar-refractivity contribution in [3.05, 3.63) is 35.9 Å². The fourth-order valence-corrected chi connectivity index (χ4v) is 3.22. The Kier molecular flexibility index (Phi) is 5.41. The van der Waals surface area contributed by atoms with E-state index >= 15 is 0 Å². The molecule has 2 rings (SSSR count). The number of hydrogen-bond donors (Lipinski definition) is 1. The highest BCUT2D eigenvalue weighted by atomic mass is 16.5. The Labute approximate surface area is 117 Å². The van der Waals surface area contributed by atoms with Gasteiger partial charge in [0, 0.05) is 13.2 Å². The summed E-state index contributed by atoms with van der Waals surface area (Å²) in [6, 6.07) is 11.4. The molecule has 19 heavy (non-hydrogen) atoms. The van der Waals surface area contributed by atoms with Crippen molar-refractivity contribution in [1.82, 2.24) is 5.32 Å². The number of likely N-dealkylation sites (N-methyl/N-ethyl adjacent to an activating group) is 1. The van der Waals surface area contributed by atoms with Crippen LogP contribution in [0.15, 0.2) is 30.3 Å². The van der Waals surface area contributed by atoms with Gasteiger partial charge in [0.25, 0.3) is 0 Å². The van der Waals surface area contributed by atoms with Gasteiger partial charge in [-0.3, -0.25) is 0 Å². The van der Waals surface area contributed by atoms with Crippen LogP contribution < -0.4 is 5.32 Å². The minimum Gasteiger partial charge on any atom is -0.380 e. The molecule has 1 fully saturated rings. The second-order valence-electron chi connectivity index (χ2n) is 5.56. The topological polar surface area (TPSA) is 21.3 Å². The largest absolute Gasteiger partial charge is 0.380 e. The van der Waals surface area contributed by atoms with Gasteiger partial charge in [-0.1, -0.05) is 50.6 Å². The van der Waals surface area contributed by atoms with E-state index in [1.54, 1.807) is 0 Å². The molecule has 1 saturated carbocycles. The Bertz CT molecular complexity index is 365. The van der Waals surface area contributed by atoms with Gasteiger partial charge in [-0.05, 0) is 36.8 Å². The van der Waals surface area contributed by atoms with Crippen molar-refractivity contribution in [3.63, 3.8) is 0 Å². The van der Waals surface area contributed by atoms with Crippen LogP contribution in [0.1, 0.15) is 44.6 Å². The summed E-state index contributed by atoms with van der Waals surface area (Å²) < 4.78 is 5.73. The molecule has 0 bridgehead atoms. The van der Waals surface area contributed by atoms with Gasteiger partial charge in [-0.15, -0.1) is 0 Å². The third-order valence-corrected chi connectivity index (χ3v) is 4.25. The van der Waals surface area contributed by atoms with Crippen LogP contribution in [-0.4, -0.2) is 25.8 Å². The predicted octanol–water partition coefficient (Wildman–Crippen LogP) is 3.58. The fourth-order valence-electron chi connectivity index (χ4n) is 3.22. The van der Waals surface area contributed by atoms with Crippen molar-refractivity contribution >= 4 is 0 Å². The number of ether oxygens (including phenoxy) is 1. The van der Waals surface area contributed by atoms with E-state index in [9.17, 15) is 0 Å². The molecule has 1 aromatic carbocycles. The lowest BCUT2D eigenvalue weighted by atomic mass is 9.98. The predicted molar refractivity (Wildman–Crippen MR) is 80.5 cm³/mol. The minimum absolute atomic E-state index is 0.351. The fraction of sp³-hybridized carbons (Fsp3) is 0.647. The monoisotopic (exact) mass is 261 g/mol. The molecule has 0 heterocycles. The maximum Gasteiger partial charge on any atom is 0.0727 e. The van der Waals surface area contributed by atoms with E-state index < -0.39 is 0 Å². The first-order chi connectivity index (χ1) is 9.31. The molecule has 4 atom stereocenters. The van der Waals surface area contributed by atoms with Gasteiger partial charge in [-0.2, -0.15) is 0 Å². The van der Waals surface area contributed by atoms with Gasteiger partial charge in [0.15, 0.2) is 0 Å². The molecule has 0 radical (unpaired) electrons. The van der Waals surface area contributed by atoms with E-state index in [1.807, 2.05) is 7.11 Å². The molecule has 0 saturated heterocycles. The third kappa shape index (κ3) is 3.58. The van der Waals surface area contributed by atoms with Crippen LogP contribution in [0, 0.1) is 5.92 Å². The average Bonchev–Trinajstić information content (AvgIpc) is 3.24. The maximum absolute atomic E-state index is 5.73. The zero-order valence-corrected chi connectivity index (χ0v) is 12.4. The van der Waals surface area contributed by atoms with Crippen LogP contribution in [-0.2, 0) is 4.74 Å². The lowest BCUT2D eigenvalue weighted by molar-refractivity contribution is 0.0537. The van der Waals surface area contributed by atoms with Crippen LogP contribution in [0.2, 0.25) is 0 Å². The Balaban J connectivity index is 2.01. The molecule has 1 aliphatic carbocycles. The zero-order chi connectivity index (χ0) is 13.7. The zero-order valence-electron chi connectivity index (χ0n) is 12.4. The van der Waals surface area contributed by atoms with Crippen LogP contribution in [0.5, 0.6) is 0 Å². The van der Waals surface area contributed by atoms with Crippen molar-refractivity contribution < 1.29 is 4.74 Å². The summed E-state index contributed by atoms with van der Waals surface area (Å²) in [4.78, 5) is 0. The molecule has 1 aliphatic rings. The normalized spacial score (nSPS) is 25.0. The summed E-state index contributed by atoms with van der Waals surface area (Å²) in [5.41, 5.74) is 1.49. The summed E-state index contributed by atoms with van der Waals surface area (Å²) in [5.74, 6) is 1.46. The summed E-state index contributed by atoms with van der Waals surface area (Å²) in [6.45, 7) is 5.44. The first-order valence-electron chi connectivity index (χ1n) is 7.62. The van der Waals surface area contributed by atoms with Crippen molar-refractivity contribution in [2.45, 2.75) is 51.2 Å².